The molecule has 22 heavy (non-hydrogen) atoms. The molecule has 0 saturated carbocycles. The first-order valence-electron chi connectivity index (χ1n) is 6.76. The van der Waals surface area contributed by atoms with Gasteiger partial charge in [-0.3, -0.25) is 4.79 Å². The van der Waals surface area contributed by atoms with Crippen molar-refractivity contribution in [3.63, 3.8) is 0 Å². The van der Waals surface area contributed by atoms with E-state index in [0.717, 1.165) is 22.3 Å². The SMILES string of the molecule is Cc1nc(-c2ccc(-c3ccc(C(=O)Cl)cc3)c(C)c2)no1. The first kappa shape index (κ1) is 14.5. The second kappa shape index (κ2) is 5.73. The van der Waals surface area contributed by atoms with Crippen molar-refractivity contribution in [2.24, 2.45) is 0 Å². The van der Waals surface area contributed by atoms with Crippen molar-refractivity contribution in [1.82, 2.24) is 10.1 Å². The second-order valence-electron chi connectivity index (χ2n) is 5.02. The number of hydrogen-bond donors (Lipinski definition) is 0. The summed E-state index contributed by atoms with van der Waals surface area (Å²) in [4.78, 5) is 15.3. The summed E-state index contributed by atoms with van der Waals surface area (Å²) in [5, 5.41) is 3.47. The Bertz CT molecular complexity index is 838. The number of carbonyl (C=O) groups excluding carboxylic acids is 1. The monoisotopic (exact) mass is 312 g/mol. The van der Waals surface area contributed by atoms with Gasteiger partial charge in [-0.05, 0) is 53.4 Å². The summed E-state index contributed by atoms with van der Waals surface area (Å²) in [7, 11) is 0. The minimum atomic E-state index is -0.453. The predicted octanol–water partition coefficient (Wildman–Crippen LogP) is 4.40. The standard InChI is InChI=1S/C17H13ClN2O2/c1-10-9-14(17-19-11(2)22-20-17)7-8-15(10)12-3-5-13(6-4-12)16(18)21/h3-9H,1-2H3. The van der Waals surface area contributed by atoms with E-state index in [9.17, 15) is 4.79 Å². The molecule has 0 bridgehead atoms. The third-order valence-electron chi connectivity index (χ3n) is 3.44. The van der Waals surface area contributed by atoms with E-state index in [1.165, 1.54) is 0 Å². The maximum Gasteiger partial charge on any atom is 0.252 e. The molecule has 0 aliphatic heterocycles. The molecule has 4 nitrogen and oxygen atoms in total. The van der Waals surface area contributed by atoms with Crippen molar-refractivity contribution in [2.45, 2.75) is 13.8 Å². The lowest BCUT2D eigenvalue weighted by molar-refractivity contribution is 0.108. The zero-order valence-electron chi connectivity index (χ0n) is 12.1. The molecule has 5 heteroatoms. The number of carbonyl (C=O) groups is 1. The molecule has 110 valence electrons. The van der Waals surface area contributed by atoms with Gasteiger partial charge in [0.15, 0.2) is 0 Å². The maximum atomic E-state index is 11.1. The molecule has 0 spiro atoms. The quantitative estimate of drug-likeness (QED) is 0.673. The van der Waals surface area contributed by atoms with Crippen LogP contribution in [0.2, 0.25) is 0 Å². The normalized spacial score (nSPS) is 10.7. The lowest BCUT2D eigenvalue weighted by Crippen LogP contribution is -1.90. The van der Waals surface area contributed by atoms with Crippen molar-refractivity contribution in [3.8, 4) is 22.5 Å². The molecule has 0 radical (unpaired) electrons. The zero-order valence-corrected chi connectivity index (χ0v) is 12.9. The van der Waals surface area contributed by atoms with Gasteiger partial charge in [0.1, 0.15) is 0 Å². The summed E-state index contributed by atoms with van der Waals surface area (Å²) in [5.74, 6) is 1.12. The molecule has 2 aromatic carbocycles. The van der Waals surface area contributed by atoms with Crippen molar-refractivity contribution in [2.75, 3.05) is 0 Å². The van der Waals surface area contributed by atoms with E-state index in [1.54, 1.807) is 19.1 Å². The molecule has 3 rings (SSSR count). The van der Waals surface area contributed by atoms with E-state index in [1.807, 2.05) is 37.3 Å². The van der Waals surface area contributed by atoms with Crippen LogP contribution in [-0.4, -0.2) is 15.4 Å². The number of benzene rings is 2. The number of aryl methyl sites for hydroxylation is 2. The topological polar surface area (TPSA) is 56.0 Å². The molecular weight excluding hydrogens is 300 g/mol. The first-order valence-corrected chi connectivity index (χ1v) is 7.14. The van der Waals surface area contributed by atoms with Gasteiger partial charge in [0, 0.05) is 18.1 Å². The van der Waals surface area contributed by atoms with Gasteiger partial charge in [-0.25, -0.2) is 0 Å². The fourth-order valence-electron chi connectivity index (χ4n) is 2.32. The van der Waals surface area contributed by atoms with Crippen molar-refractivity contribution >= 4 is 16.8 Å². The van der Waals surface area contributed by atoms with Crippen LogP contribution >= 0.6 is 11.6 Å². The van der Waals surface area contributed by atoms with Crippen molar-refractivity contribution < 1.29 is 9.32 Å². The molecule has 0 aliphatic rings. The Hall–Kier alpha value is -2.46. The Morgan fingerprint density at radius 3 is 2.27 bits per heavy atom. The zero-order chi connectivity index (χ0) is 15.7. The highest BCUT2D eigenvalue weighted by Gasteiger charge is 2.09. The Labute approximate surface area is 132 Å². The summed E-state index contributed by atoms with van der Waals surface area (Å²) in [5.41, 5.74) is 4.59. The second-order valence-corrected chi connectivity index (χ2v) is 5.36. The van der Waals surface area contributed by atoms with E-state index < -0.39 is 5.24 Å². The molecular formula is C17H13ClN2O2. The van der Waals surface area contributed by atoms with E-state index in [2.05, 4.69) is 10.1 Å². The largest absolute Gasteiger partial charge is 0.339 e. The Kier molecular flexibility index (Phi) is 3.77. The van der Waals surface area contributed by atoms with Crippen LogP contribution in [0.15, 0.2) is 47.0 Å². The molecule has 0 saturated heterocycles. The number of hydrogen-bond acceptors (Lipinski definition) is 4. The van der Waals surface area contributed by atoms with Crippen LogP contribution in [0.3, 0.4) is 0 Å². The number of aromatic nitrogens is 2. The lowest BCUT2D eigenvalue weighted by atomic mass is 9.97. The Balaban J connectivity index is 1.96. The van der Waals surface area contributed by atoms with Crippen LogP contribution in [0.5, 0.6) is 0 Å². The first-order chi connectivity index (χ1) is 10.5. The van der Waals surface area contributed by atoms with Crippen LogP contribution < -0.4 is 0 Å². The average molecular weight is 313 g/mol. The molecule has 0 amide bonds. The van der Waals surface area contributed by atoms with Gasteiger partial charge in [0.05, 0.1) is 0 Å². The minimum Gasteiger partial charge on any atom is -0.339 e. The van der Waals surface area contributed by atoms with E-state index in [-0.39, 0.29) is 0 Å². The highest BCUT2D eigenvalue weighted by molar-refractivity contribution is 6.67. The third kappa shape index (κ3) is 2.78. The molecule has 0 unspecified atom stereocenters. The lowest BCUT2D eigenvalue weighted by Gasteiger charge is -2.08. The van der Waals surface area contributed by atoms with Crippen molar-refractivity contribution in [1.29, 1.82) is 0 Å². The fraction of sp³-hybridized carbons (Fsp3) is 0.118. The van der Waals surface area contributed by atoms with Gasteiger partial charge in [0.25, 0.3) is 5.24 Å². The van der Waals surface area contributed by atoms with E-state index in [0.29, 0.717) is 17.3 Å². The van der Waals surface area contributed by atoms with Gasteiger partial charge in [-0.1, -0.05) is 29.4 Å². The molecule has 0 aliphatic carbocycles. The maximum absolute atomic E-state index is 11.1. The Morgan fingerprint density at radius 2 is 1.73 bits per heavy atom. The van der Waals surface area contributed by atoms with Gasteiger partial charge in [0.2, 0.25) is 11.7 Å². The van der Waals surface area contributed by atoms with E-state index in [4.69, 9.17) is 16.1 Å². The van der Waals surface area contributed by atoms with Crippen LogP contribution in [-0.2, 0) is 0 Å². The van der Waals surface area contributed by atoms with Gasteiger partial charge >= 0.3 is 0 Å². The van der Waals surface area contributed by atoms with Crippen LogP contribution in [0, 0.1) is 13.8 Å². The van der Waals surface area contributed by atoms with Gasteiger partial charge in [-0.15, -0.1) is 0 Å². The van der Waals surface area contributed by atoms with Crippen molar-refractivity contribution in [3.05, 3.63) is 59.5 Å². The summed E-state index contributed by atoms with van der Waals surface area (Å²) < 4.78 is 5.00. The highest BCUT2D eigenvalue weighted by atomic mass is 35.5. The van der Waals surface area contributed by atoms with E-state index >= 15 is 0 Å². The molecule has 1 aromatic heterocycles. The smallest absolute Gasteiger partial charge is 0.252 e. The molecule has 0 fully saturated rings. The number of halogens is 1. The van der Waals surface area contributed by atoms with Gasteiger partial charge < -0.3 is 4.52 Å². The van der Waals surface area contributed by atoms with Gasteiger partial charge in [-0.2, -0.15) is 4.98 Å². The minimum absolute atomic E-state index is 0.453. The highest BCUT2D eigenvalue weighted by Crippen LogP contribution is 2.27. The fourth-order valence-corrected chi connectivity index (χ4v) is 2.45. The molecule has 3 aromatic rings. The number of nitrogens with zero attached hydrogens (tertiary/aromatic N) is 2. The molecule has 0 atom stereocenters. The van der Waals surface area contributed by atoms with Crippen LogP contribution in [0.25, 0.3) is 22.5 Å². The predicted molar refractivity (Wildman–Crippen MR) is 84.8 cm³/mol. The molecule has 0 N–H and O–H groups in total. The van der Waals surface area contributed by atoms with Crippen LogP contribution in [0.4, 0.5) is 0 Å². The average Bonchev–Trinajstić information content (AvgIpc) is 2.94. The summed E-state index contributed by atoms with van der Waals surface area (Å²) in [6.45, 7) is 3.78. The Morgan fingerprint density at radius 1 is 1.05 bits per heavy atom. The summed E-state index contributed by atoms with van der Waals surface area (Å²) in [6.07, 6.45) is 0. The third-order valence-corrected chi connectivity index (χ3v) is 3.65. The number of rotatable bonds is 3. The summed E-state index contributed by atoms with van der Waals surface area (Å²) >= 11 is 5.46. The van der Waals surface area contributed by atoms with Crippen LogP contribution in [0.1, 0.15) is 21.8 Å². The molecule has 1 heterocycles. The summed E-state index contributed by atoms with van der Waals surface area (Å²) in [6, 6.07) is 13.2.